The van der Waals surface area contributed by atoms with Crippen LogP contribution < -0.4 is 5.73 Å². The van der Waals surface area contributed by atoms with Crippen LogP contribution in [0.2, 0.25) is 0 Å². The quantitative estimate of drug-likeness (QED) is 0.502. The summed E-state index contributed by atoms with van der Waals surface area (Å²) in [6.07, 6.45) is 4.70. The van der Waals surface area contributed by atoms with Crippen molar-refractivity contribution in [2.24, 2.45) is 0 Å². The lowest BCUT2D eigenvalue weighted by Gasteiger charge is -2.26. The number of nitrogens with zero attached hydrogens (tertiary/aromatic N) is 3. The molecule has 5 N–H and O–H groups in total. The molecule has 110 valence electrons. The van der Waals surface area contributed by atoms with Gasteiger partial charge >= 0.3 is 0 Å². The molecule has 8 nitrogen and oxygen atoms in total. The lowest BCUT2D eigenvalue weighted by molar-refractivity contribution is -0.0718. The van der Waals surface area contributed by atoms with Crippen LogP contribution in [0.15, 0.2) is 18.6 Å². The first-order chi connectivity index (χ1) is 10.0. The number of nitrogens with two attached hydrogens (primary N) is 1. The summed E-state index contributed by atoms with van der Waals surface area (Å²) in [6.45, 7) is -0.474. The van der Waals surface area contributed by atoms with E-state index in [0.29, 0.717) is 11.0 Å². The van der Waals surface area contributed by atoms with Crippen LogP contribution in [0, 0.1) is 12.3 Å². The van der Waals surface area contributed by atoms with Gasteiger partial charge in [0.2, 0.25) is 0 Å². The van der Waals surface area contributed by atoms with Gasteiger partial charge in [0.1, 0.15) is 30.0 Å². The minimum absolute atomic E-state index is 0.278. The van der Waals surface area contributed by atoms with E-state index < -0.39 is 30.6 Å². The van der Waals surface area contributed by atoms with Crippen molar-refractivity contribution in [3.63, 3.8) is 0 Å². The first kappa shape index (κ1) is 13.8. The number of hydrogen-bond acceptors (Lipinski definition) is 7. The molecule has 0 radical (unpaired) electrons. The van der Waals surface area contributed by atoms with E-state index in [9.17, 15) is 15.3 Å². The number of aromatic nitrogens is 3. The summed E-state index contributed by atoms with van der Waals surface area (Å²) in [6, 6.07) is 1.66. The second kappa shape index (κ2) is 4.68. The predicted molar refractivity (Wildman–Crippen MR) is 72.7 cm³/mol. The molecule has 0 saturated carbocycles. The highest BCUT2D eigenvalue weighted by Crippen LogP contribution is 2.39. The van der Waals surface area contributed by atoms with Gasteiger partial charge in [-0.2, -0.15) is 0 Å². The summed E-state index contributed by atoms with van der Waals surface area (Å²) in [5.74, 6) is 2.42. The Morgan fingerprint density at radius 3 is 2.95 bits per heavy atom. The van der Waals surface area contributed by atoms with E-state index in [-0.39, 0.29) is 5.82 Å². The summed E-state index contributed by atoms with van der Waals surface area (Å²) < 4.78 is 6.96. The van der Waals surface area contributed by atoms with Crippen molar-refractivity contribution < 1.29 is 20.1 Å². The highest BCUT2D eigenvalue weighted by molar-refractivity contribution is 5.86. The van der Waals surface area contributed by atoms with Crippen LogP contribution in [-0.2, 0) is 4.74 Å². The van der Waals surface area contributed by atoms with E-state index in [1.54, 1.807) is 12.3 Å². The highest BCUT2D eigenvalue weighted by Gasteiger charge is 2.55. The fourth-order valence-corrected chi connectivity index (χ4v) is 2.53. The number of rotatable bonds is 2. The molecular formula is C13H14N4O4. The van der Waals surface area contributed by atoms with Gasteiger partial charge in [-0.25, -0.2) is 9.97 Å². The van der Waals surface area contributed by atoms with Gasteiger partial charge in [-0.15, -0.1) is 6.42 Å². The standard InChI is InChI=1S/C13H14N4O4/c1-2-13(20)9(19)8(5-18)21-12(13)17-4-3-7-10(14)15-6-16-11(7)17/h1,3-4,6,8-9,12,18-20H,5H2,(H2,14,15,16)/t8-,9+,12-,13?/m1/s1. The lowest BCUT2D eigenvalue weighted by Crippen LogP contribution is -2.45. The average Bonchev–Trinajstić information content (AvgIpc) is 3.01. The summed E-state index contributed by atoms with van der Waals surface area (Å²) in [4.78, 5) is 7.96. The Bertz CT molecular complexity index is 725. The van der Waals surface area contributed by atoms with Crippen molar-refractivity contribution in [2.45, 2.75) is 24.0 Å². The number of anilines is 1. The zero-order chi connectivity index (χ0) is 15.2. The van der Waals surface area contributed by atoms with Crippen molar-refractivity contribution in [1.82, 2.24) is 14.5 Å². The van der Waals surface area contributed by atoms with Crippen molar-refractivity contribution in [3.8, 4) is 12.3 Å². The minimum Gasteiger partial charge on any atom is -0.394 e. The summed E-state index contributed by atoms with van der Waals surface area (Å²) >= 11 is 0. The number of nitrogen functional groups attached to an aromatic ring is 1. The van der Waals surface area contributed by atoms with Crippen molar-refractivity contribution in [2.75, 3.05) is 12.3 Å². The van der Waals surface area contributed by atoms with Crippen LogP contribution in [-0.4, -0.2) is 54.3 Å². The molecule has 1 saturated heterocycles. The molecule has 21 heavy (non-hydrogen) atoms. The van der Waals surface area contributed by atoms with Crippen LogP contribution >= 0.6 is 0 Å². The first-order valence-electron chi connectivity index (χ1n) is 6.24. The van der Waals surface area contributed by atoms with Gasteiger partial charge < -0.3 is 30.4 Å². The van der Waals surface area contributed by atoms with Crippen LogP contribution in [0.3, 0.4) is 0 Å². The monoisotopic (exact) mass is 290 g/mol. The molecule has 3 rings (SSSR count). The van der Waals surface area contributed by atoms with Crippen molar-refractivity contribution in [3.05, 3.63) is 18.6 Å². The second-order valence-electron chi connectivity index (χ2n) is 4.84. The normalized spacial score (nSPS) is 32.4. The number of aliphatic hydroxyl groups excluding tert-OH is 2. The third-order valence-corrected chi connectivity index (χ3v) is 3.69. The van der Waals surface area contributed by atoms with Crippen molar-refractivity contribution >= 4 is 16.9 Å². The number of ether oxygens (including phenoxy) is 1. The summed E-state index contributed by atoms with van der Waals surface area (Å²) in [7, 11) is 0. The maximum Gasteiger partial charge on any atom is 0.199 e. The van der Waals surface area contributed by atoms with Gasteiger partial charge in [0.05, 0.1) is 12.0 Å². The minimum atomic E-state index is -1.99. The molecule has 4 atom stereocenters. The van der Waals surface area contributed by atoms with E-state index >= 15 is 0 Å². The largest absolute Gasteiger partial charge is 0.394 e. The fourth-order valence-electron chi connectivity index (χ4n) is 2.53. The van der Waals surface area contributed by atoms with E-state index in [1.165, 1.54) is 10.9 Å². The van der Waals surface area contributed by atoms with Crippen LogP contribution in [0.5, 0.6) is 0 Å². The molecule has 1 aliphatic heterocycles. The molecule has 0 aromatic carbocycles. The fraction of sp³-hybridized carbons (Fsp3) is 0.385. The molecule has 1 aliphatic rings. The second-order valence-corrected chi connectivity index (χ2v) is 4.84. The van der Waals surface area contributed by atoms with Crippen LogP contribution in [0.25, 0.3) is 11.0 Å². The Balaban J connectivity index is 2.14. The zero-order valence-corrected chi connectivity index (χ0v) is 10.9. The highest BCUT2D eigenvalue weighted by atomic mass is 16.6. The topological polar surface area (TPSA) is 127 Å². The molecule has 2 aromatic heterocycles. The van der Waals surface area contributed by atoms with Gasteiger partial charge in [0, 0.05) is 6.20 Å². The SMILES string of the molecule is C#CC1(O)[C@@H](O)[C@@H](CO)O[C@H]1n1ccc2c(N)ncnc21. The zero-order valence-electron chi connectivity index (χ0n) is 10.9. The lowest BCUT2D eigenvalue weighted by atomic mass is 9.95. The molecular weight excluding hydrogens is 276 g/mol. The molecule has 0 aliphatic carbocycles. The molecule has 0 bridgehead atoms. The first-order valence-corrected chi connectivity index (χ1v) is 6.24. The Morgan fingerprint density at radius 2 is 2.29 bits per heavy atom. The number of fused-ring (bicyclic) bond motifs is 1. The molecule has 3 heterocycles. The van der Waals surface area contributed by atoms with Gasteiger partial charge in [-0.1, -0.05) is 5.92 Å². The van der Waals surface area contributed by atoms with Gasteiger partial charge in [0.15, 0.2) is 11.8 Å². The smallest absolute Gasteiger partial charge is 0.199 e. The maximum absolute atomic E-state index is 10.5. The molecule has 1 unspecified atom stereocenters. The Morgan fingerprint density at radius 1 is 1.52 bits per heavy atom. The number of aliphatic hydroxyl groups is 3. The molecule has 0 amide bonds. The molecule has 1 fully saturated rings. The molecule has 0 spiro atoms. The van der Waals surface area contributed by atoms with Crippen LogP contribution in [0.1, 0.15) is 6.23 Å². The van der Waals surface area contributed by atoms with Gasteiger partial charge in [-0.05, 0) is 6.07 Å². The van der Waals surface area contributed by atoms with Gasteiger partial charge in [0.25, 0.3) is 0 Å². The average molecular weight is 290 g/mol. The Hall–Kier alpha value is -2.18. The predicted octanol–water partition coefficient (Wildman–Crippen LogP) is -1.37. The Labute approximate surface area is 119 Å². The van der Waals surface area contributed by atoms with E-state index in [4.69, 9.17) is 16.9 Å². The molecule has 2 aromatic rings. The summed E-state index contributed by atoms with van der Waals surface area (Å²) in [5.41, 5.74) is 4.17. The van der Waals surface area contributed by atoms with Crippen molar-refractivity contribution in [1.29, 1.82) is 0 Å². The molecule has 8 heteroatoms. The third-order valence-electron chi connectivity index (χ3n) is 3.69. The van der Waals surface area contributed by atoms with E-state index in [0.717, 1.165) is 0 Å². The number of hydrogen-bond donors (Lipinski definition) is 4. The van der Waals surface area contributed by atoms with Gasteiger partial charge in [-0.3, -0.25) is 0 Å². The van der Waals surface area contributed by atoms with E-state index in [2.05, 4.69) is 15.9 Å². The third kappa shape index (κ3) is 1.80. The summed E-state index contributed by atoms with van der Waals surface area (Å²) in [5, 5.41) is 30.4. The maximum atomic E-state index is 10.5. The van der Waals surface area contributed by atoms with E-state index in [1.807, 2.05) is 0 Å². The van der Waals surface area contributed by atoms with Crippen LogP contribution in [0.4, 0.5) is 5.82 Å². The number of terminal acetylenes is 1. The Kier molecular flexibility index (Phi) is 3.07.